The standard InChI is InChI=1S/C12H12INO5/c1-8(15)19-13-10-6-4-3-5-9(10)12(17)14(13)7-11(16)18-2/h3-6H,7H2,1-2H3. The van der Waals surface area contributed by atoms with Crippen LogP contribution in [0.3, 0.4) is 0 Å². The van der Waals surface area contributed by atoms with Crippen molar-refractivity contribution in [1.29, 1.82) is 0 Å². The first-order valence-electron chi connectivity index (χ1n) is 5.41. The summed E-state index contributed by atoms with van der Waals surface area (Å²) in [6.07, 6.45) is 0. The van der Waals surface area contributed by atoms with Crippen LogP contribution in [0.25, 0.3) is 0 Å². The molecule has 1 aliphatic heterocycles. The Kier molecular flexibility index (Phi) is 4.03. The number of methoxy groups -OCH3 is 1. The van der Waals surface area contributed by atoms with Crippen molar-refractivity contribution in [3.8, 4) is 0 Å². The van der Waals surface area contributed by atoms with Crippen LogP contribution in [0.5, 0.6) is 0 Å². The summed E-state index contributed by atoms with van der Waals surface area (Å²) >= 11 is -2.65. The van der Waals surface area contributed by atoms with Gasteiger partial charge in [-0.3, -0.25) is 0 Å². The number of rotatable bonds is 3. The number of carbonyl (C=O) groups is 3. The number of esters is 1. The van der Waals surface area contributed by atoms with Gasteiger partial charge in [0.25, 0.3) is 0 Å². The van der Waals surface area contributed by atoms with Crippen molar-refractivity contribution < 1.29 is 22.2 Å². The first-order chi connectivity index (χ1) is 9.04. The molecule has 0 radical (unpaired) electrons. The Labute approximate surface area is 118 Å². The summed E-state index contributed by atoms with van der Waals surface area (Å²) in [6, 6.07) is 6.95. The molecule has 1 amide bonds. The van der Waals surface area contributed by atoms with Gasteiger partial charge in [-0.05, 0) is 0 Å². The number of carbonyl (C=O) groups excluding carboxylic acids is 3. The molecule has 1 aromatic carbocycles. The number of nitrogens with zero attached hydrogens (tertiary/aromatic N) is 1. The molecule has 0 aliphatic carbocycles. The van der Waals surface area contributed by atoms with Gasteiger partial charge in [-0.2, -0.15) is 0 Å². The SMILES string of the molecule is COC(=O)CN1C(=O)c2ccccc2I1OC(C)=O. The zero-order valence-corrected chi connectivity index (χ0v) is 12.5. The van der Waals surface area contributed by atoms with Gasteiger partial charge in [0.15, 0.2) is 0 Å². The van der Waals surface area contributed by atoms with E-state index in [4.69, 9.17) is 3.07 Å². The number of fused-ring (bicyclic) bond motifs is 1. The zero-order valence-electron chi connectivity index (χ0n) is 10.4. The first kappa shape index (κ1) is 13.8. The molecule has 1 heterocycles. The monoisotopic (exact) mass is 377 g/mol. The zero-order chi connectivity index (χ0) is 14.0. The molecule has 0 aromatic heterocycles. The molecule has 7 heteroatoms. The van der Waals surface area contributed by atoms with Crippen molar-refractivity contribution in [1.82, 2.24) is 3.11 Å². The second kappa shape index (κ2) is 5.55. The molecular weight excluding hydrogens is 365 g/mol. The maximum absolute atomic E-state index is 12.2. The Bertz CT molecular complexity index is 545. The quantitative estimate of drug-likeness (QED) is 0.452. The number of amides is 1. The van der Waals surface area contributed by atoms with E-state index in [2.05, 4.69) is 4.74 Å². The van der Waals surface area contributed by atoms with E-state index in [-0.39, 0.29) is 12.5 Å². The van der Waals surface area contributed by atoms with Gasteiger partial charge in [-0.1, -0.05) is 0 Å². The van der Waals surface area contributed by atoms with Crippen molar-refractivity contribution >= 4 is 38.4 Å². The summed E-state index contributed by atoms with van der Waals surface area (Å²) in [5.74, 6) is -1.27. The van der Waals surface area contributed by atoms with Gasteiger partial charge in [0.2, 0.25) is 0 Å². The summed E-state index contributed by atoms with van der Waals surface area (Å²) < 4.78 is 11.9. The van der Waals surface area contributed by atoms with Crippen LogP contribution < -0.4 is 0 Å². The topological polar surface area (TPSA) is 72.9 Å². The molecule has 0 atom stereocenters. The van der Waals surface area contributed by atoms with Crippen LogP contribution >= 0.6 is 20.5 Å². The summed E-state index contributed by atoms with van der Waals surface area (Å²) in [4.78, 5) is 34.8. The molecule has 19 heavy (non-hydrogen) atoms. The van der Waals surface area contributed by atoms with Crippen molar-refractivity contribution in [3.63, 3.8) is 0 Å². The van der Waals surface area contributed by atoms with Crippen LogP contribution in [0.1, 0.15) is 17.3 Å². The molecule has 0 bridgehead atoms. The van der Waals surface area contributed by atoms with E-state index in [1.165, 1.54) is 17.1 Å². The Balaban J connectivity index is 2.35. The fourth-order valence-electron chi connectivity index (χ4n) is 1.58. The average Bonchev–Trinajstić information content (AvgIpc) is 2.64. The summed E-state index contributed by atoms with van der Waals surface area (Å²) in [5.41, 5.74) is 0.498. The fourth-order valence-corrected chi connectivity index (χ4v) is 5.93. The number of hydrogen-bond acceptors (Lipinski definition) is 5. The van der Waals surface area contributed by atoms with E-state index in [0.717, 1.165) is 3.57 Å². The van der Waals surface area contributed by atoms with Crippen molar-refractivity contribution in [3.05, 3.63) is 33.4 Å². The van der Waals surface area contributed by atoms with Gasteiger partial charge >= 0.3 is 118 Å². The Morgan fingerprint density at radius 3 is 2.63 bits per heavy atom. The molecule has 0 fully saturated rings. The number of hydrogen-bond donors (Lipinski definition) is 0. The van der Waals surface area contributed by atoms with Crippen molar-refractivity contribution in [2.24, 2.45) is 0 Å². The second-order valence-corrected chi connectivity index (χ2v) is 7.76. The van der Waals surface area contributed by atoms with Gasteiger partial charge < -0.3 is 0 Å². The van der Waals surface area contributed by atoms with E-state index in [9.17, 15) is 14.4 Å². The number of halogens is 1. The van der Waals surface area contributed by atoms with Gasteiger partial charge in [0.1, 0.15) is 0 Å². The molecule has 0 N–H and O–H groups in total. The van der Waals surface area contributed by atoms with Crippen LogP contribution in [0.15, 0.2) is 24.3 Å². The molecule has 2 rings (SSSR count). The molecule has 6 nitrogen and oxygen atoms in total. The van der Waals surface area contributed by atoms with Crippen molar-refractivity contribution in [2.45, 2.75) is 6.92 Å². The third-order valence-corrected chi connectivity index (χ3v) is 7.17. The van der Waals surface area contributed by atoms with Gasteiger partial charge in [-0.25, -0.2) is 0 Å². The van der Waals surface area contributed by atoms with Gasteiger partial charge in [-0.15, -0.1) is 0 Å². The summed E-state index contributed by atoms with van der Waals surface area (Å²) in [5, 5.41) is 0. The van der Waals surface area contributed by atoms with E-state index >= 15 is 0 Å². The molecule has 1 aliphatic rings. The minimum absolute atomic E-state index is 0.192. The minimum atomic E-state index is -2.65. The Morgan fingerprint density at radius 2 is 2.00 bits per heavy atom. The molecule has 0 saturated carbocycles. The molecular formula is C12H12INO5. The predicted octanol–water partition coefficient (Wildman–Crippen LogP) is 1.38. The van der Waals surface area contributed by atoms with Crippen LogP contribution in [-0.4, -0.2) is 34.6 Å². The maximum atomic E-state index is 12.2. The number of benzene rings is 1. The summed E-state index contributed by atoms with van der Waals surface area (Å²) in [6.45, 7) is 1.10. The van der Waals surface area contributed by atoms with Gasteiger partial charge in [0, 0.05) is 0 Å². The predicted molar refractivity (Wildman–Crippen MR) is 74.0 cm³/mol. The van der Waals surface area contributed by atoms with E-state index < -0.39 is 32.4 Å². The number of ether oxygens (including phenoxy) is 1. The normalized spacial score (nSPS) is 15.2. The Hall–Kier alpha value is -1.64. The summed E-state index contributed by atoms with van der Waals surface area (Å²) in [7, 11) is 1.25. The average molecular weight is 377 g/mol. The van der Waals surface area contributed by atoms with E-state index in [1.807, 2.05) is 0 Å². The van der Waals surface area contributed by atoms with Crippen LogP contribution in [0.4, 0.5) is 0 Å². The first-order valence-corrected chi connectivity index (χ1v) is 8.34. The third kappa shape index (κ3) is 2.70. The molecule has 102 valence electrons. The molecule has 1 aromatic rings. The third-order valence-electron chi connectivity index (χ3n) is 2.36. The fraction of sp³-hybridized carbons (Fsp3) is 0.250. The second-order valence-electron chi connectivity index (χ2n) is 3.68. The van der Waals surface area contributed by atoms with E-state index in [0.29, 0.717) is 5.56 Å². The molecule has 0 spiro atoms. The van der Waals surface area contributed by atoms with Crippen LogP contribution in [-0.2, 0) is 17.4 Å². The molecule has 0 saturated heterocycles. The van der Waals surface area contributed by atoms with Crippen LogP contribution in [0.2, 0.25) is 0 Å². The van der Waals surface area contributed by atoms with E-state index in [1.54, 1.807) is 24.3 Å². The molecule has 0 unspecified atom stereocenters. The van der Waals surface area contributed by atoms with Crippen molar-refractivity contribution in [2.75, 3.05) is 13.7 Å². The van der Waals surface area contributed by atoms with Crippen LogP contribution in [0, 0.1) is 3.57 Å². The van der Waals surface area contributed by atoms with Gasteiger partial charge in [0.05, 0.1) is 0 Å². The Morgan fingerprint density at radius 1 is 1.32 bits per heavy atom.